The molecule has 1 fully saturated rings. The number of hydrogen-bond donors (Lipinski definition) is 1. The highest BCUT2D eigenvalue weighted by Gasteiger charge is 2.25. The van der Waals surface area contributed by atoms with Crippen LogP contribution in [0.1, 0.15) is 0 Å². The van der Waals surface area contributed by atoms with Gasteiger partial charge < -0.3 is 9.47 Å². The molecule has 0 radical (unpaired) electrons. The zero-order valence-corrected chi connectivity index (χ0v) is 13.5. The molecule has 1 aliphatic heterocycles. The van der Waals surface area contributed by atoms with Crippen LogP contribution in [0.3, 0.4) is 0 Å². The molecule has 1 atom stereocenters. The Bertz CT molecular complexity index is 897. The third kappa shape index (κ3) is 4.22. The molecular weight excluding hydrogens is 355 g/mol. The number of nitrogens with zero attached hydrogens (tertiary/aromatic N) is 1. The Morgan fingerprint density at radius 2 is 1.96 bits per heavy atom. The van der Waals surface area contributed by atoms with Crippen LogP contribution in [0.5, 0.6) is 5.75 Å². The summed E-state index contributed by atoms with van der Waals surface area (Å²) in [6, 6.07) is 7.76. The first-order valence-corrected chi connectivity index (χ1v) is 8.65. The van der Waals surface area contributed by atoms with E-state index in [1.807, 2.05) is 0 Å². The van der Waals surface area contributed by atoms with Gasteiger partial charge in [-0.25, -0.2) is 12.8 Å². The second kappa shape index (κ2) is 6.65. The van der Waals surface area contributed by atoms with Gasteiger partial charge in [-0.2, -0.15) is 0 Å². The molecule has 0 aliphatic carbocycles. The summed E-state index contributed by atoms with van der Waals surface area (Å²) < 4.78 is 50.5. The average molecular weight is 368 g/mol. The Kier molecular flexibility index (Phi) is 4.55. The van der Waals surface area contributed by atoms with E-state index in [9.17, 15) is 22.9 Å². The number of non-ortho nitro benzene ring substituents is 1. The number of anilines is 1. The molecule has 0 saturated carbocycles. The number of sulfonamides is 1. The fourth-order valence-electron chi connectivity index (χ4n) is 2.00. The standard InChI is InChI=1S/C15H13FN2O6S/c16-10-1-4-13(5-2-10)25(21,22)17-14-7-11(18(19)20)3-6-15(14)24-9-12-8-23-12/h1-7,12,17H,8-9H2. The second-order valence-corrected chi connectivity index (χ2v) is 6.95. The molecule has 8 nitrogen and oxygen atoms in total. The number of ether oxygens (including phenoxy) is 2. The molecule has 3 rings (SSSR count). The van der Waals surface area contributed by atoms with Crippen LogP contribution in [0.2, 0.25) is 0 Å². The van der Waals surface area contributed by atoms with Gasteiger partial charge in [0.2, 0.25) is 0 Å². The molecule has 1 aliphatic rings. The normalized spacial score (nSPS) is 16.3. The van der Waals surface area contributed by atoms with Crippen molar-refractivity contribution in [1.82, 2.24) is 0 Å². The monoisotopic (exact) mass is 368 g/mol. The van der Waals surface area contributed by atoms with Gasteiger partial charge in [0.05, 0.1) is 22.1 Å². The van der Waals surface area contributed by atoms with Crippen molar-refractivity contribution < 1.29 is 27.2 Å². The van der Waals surface area contributed by atoms with Crippen molar-refractivity contribution in [3.8, 4) is 5.75 Å². The zero-order valence-electron chi connectivity index (χ0n) is 12.7. The number of benzene rings is 2. The number of nitro benzene ring substituents is 1. The maximum Gasteiger partial charge on any atom is 0.271 e. The van der Waals surface area contributed by atoms with E-state index in [-0.39, 0.29) is 34.7 Å². The minimum atomic E-state index is -4.07. The van der Waals surface area contributed by atoms with E-state index >= 15 is 0 Å². The predicted octanol–water partition coefficient (Wildman–Crippen LogP) is 2.31. The summed E-state index contributed by atoms with van der Waals surface area (Å²) in [6.45, 7) is 0.743. The van der Waals surface area contributed by atoms with Gasteiger partial charge in [0.1, 0.15) is 24.3 Å². The van der Waals surface area contributed by atoms with E-state index in [4.69, 9.17) is 9.47 Å². The highest BCUT2D eigenvalue weighted by atomic mass is 32.2. The third-order valence-corrected chi connectivity index (χ3v) is 4.75. The van der Waals surface area contributed by atoms with Crippen molar-refractivity contribution in [3.05, 3.63) is 58.4 Å². The number of nitro groups is 1. The predicted molar refractivity (Wildman–Crippen MR) is 85.5 cm³/mol. The summed E-state index contributed by atoms with van der Waals surface area (Å²) in [4.78, 5) is 10.1. The van der Waals surface area contributed by atoms with E-state index in [1.165, 1.54) is 12.1 Å². The van der Waals surface area contributed by atoms with Crippen molar-refractivity contribution >= 4 is 21.4 Å². The minimum absolute atomic E-state index is 0.0725. The summed E-state index contributed by atoms with van der Waals surface area (Å²) in [5.74, 6) is -0.449. The lowest BCUT2D eigenvalue weighted by Gasteiger charge is -2.13. The van der Waals surface area contributed by atoms with E-state index < -0.39 is 20.8 Å². The lowest BCUT2D eigenvalue weighted by atomic mass is 10.2. The summed E-state index contributed by atoms with van der Waals surface area (Å²) >= 11 is 0. The topological polar surface area (TPSA) is 111 Å². The minimum Gasteiger partial charge on any atom is -0.489 e. The van der Waals surface area contributed by atoms with Crippen molar-refractivity contribution in [2.24, 2.45) is 0 Å². The molecule has 0 aromatic heterocycles. The summed E-state index contributed by atoms with van der Waals surface area (Å²) in [7, 11) is -4.07. The van der Waals surface area contributed by atoms with Gasteiger partial charge in [-0.3, -0.25) is 14.8 Å². The zero-order chi connectivity index (χ0) is 18.0. The van der Waals surface area contributed by atoms with E-state index in [1.54, 1.807) is 0 Å². The Morgan fingerprint density at radius 1 is 1.28 bits per heavy atom. The maximum absolute atomic E-state index is 13.0. The molecule has 0 spiro atoms. The van der Waals surface area contributed by atoms with Crippen LogP contribution in [-0.4, -0.2) is 32.7 Å². The maximum atomic E-state index is 13.0. The molecule has 0 amide bonds. The summed E-state index contributed by atoms with van der Waals surface area (Å²) in [5, 5.41) is 10.9. The van der Waals surface area contributed by atoms with Gasteiger partial charge in [-0.1, -0.05) is 0 Å². The van der Waals surface area contributed by atoms with Gasteiger partial charge in [-0.15, -0.1) is 0 Å². The number of nitrogens with one attached hydrogen (secondary N) is 1. The van der Waals surface area contributed by atoms with Crippen LogP contribution in [0.4, 0.5) is 15.8 Å². The number of halogens is 1. The molecule has 1 saturated heterocycles. The molecule has 0 bridgehead atoms. The molecule has 1 unspecified atom stereocenters. The highest BCUT2D eigenvalue weighted by Crippen LogP contribution is 2.31. The van der Waals surface area contributed by atoms with Crippen LogP contribution >= 0.6 is 0 Å². The average Bonchev–Trinajstić information content (AvgIpc) is 3.38. The second-order valence-electron chi connectivity index (χ2n) is 5.26. The molecule has 2 aromatic rings. The molecule has 2 aromatic carbocycles. The SMILES string of the molecule is O=[N+]([O-])c1ccc(OCC2CO2)c(NS(=O)(=O)c2ccc(F)cc2)c1. The molecule has 1 heterocycles. The quantitative estimate of drug-likeness (QED) is 0.456. The van der Waals surface area contributed by atoms with E-state index in [0.717, 1.165) is 30.3 Å². The van der Waals surface area contributed by atoms with Crippen molar-refractivity contribution in [2.45, 2.75) is 11.0 Å². The Labute approximate surface area is 142 Å². The Hall–Kier alpha value is -2.72. The van der Waals surface area contributed by atoms with Crippen LogP contribution < -0.4 is 9.46 Å². The lowest BCUT2D eigenvalue weighted by molar-refractivity contribution is -0.384. The fourth-order valence-corrected chi connectivity index (χ4v) is 3.06. The Morgan fingerprint density at radius 3 is 2.56 bits per heavy atom. The number of rotatable bonds is 7. The van der Waals surface area contributed by atoms with Gasteiger partial charge >= 0.3 is 0 Å². The van der Waals surface area contributed by atoms with Gasteiger partial charge in [0.15, 0.2) is 0 Å². The van der Waals surface area contributed by atoms with Crippen LogP contribution in [0.15, 0.2) is 47.4 Å². The van der Waals surface area contributed by atoms with Crippen molar-refractivity contribution in [3.63, 3.8) is 0 Å². The van der Waals surface area contributed by atoms with Crippen molar-refractivity contribution in [2.75, 3.05) is 17.9 Å². The lowest BCUT2D eigenvalue weighted by Crippen LogP contribution is -2.15. The molecule has 10 heteroatoms. The van der Waals surface area contributed by atoms with Gasteiger partial charge in [0.25, 0.3) is 15.7 Å². The third-order valence-electron chi connectivity index (χ3n) is 3.37. The first-order chi connectivity index (χ1) is 11.8. The largest absolute Gasteiger partial charge is 0.489 e. The molecule has 25 heavy (non-hydrogen) atoms. The summed E-state index contributed by atoms with van der Waals surface area (Å²) in [5.41, 5.74) is -0.383. The van der Waals surface area contributed by atoms with Gasteiger partial charge in [0, 0.05) is 12.1 Å². The highest BCUT2D eigenvalue weighted by molar-refractivity contribution is 7.92. The van der Waals surface area contributed by atoms with E-state index in [0.29, 0.717) is 6.61 Å². The van der Waals surface area contributed by atoms with Crippen molar-refractivity contribution in [1.29, 1.82) is 0 Å². The van der Waals surface area contributed by atoms with Crippen LogP contribution in [0, 0.1) is 15.9 Å². The Balaban J connectivity index is 1.90. The van der Waals surface area contributed by atoms with Crippen LogP contribution in [-0.2, 0) is 14.8 Å². The number of hydrogen-bond acceptors (Lipinski definition) is 6. The molecule has 1 N–H and O–H groups in total. The first-order valence-electron chi connectivity index (χ1n) is 7.16. The molecule has 132 valence electrons. The first kappa shape index (κ1) is 17.1. The van der Waals surface area contributed by atoms with Gasteiger partial charge in [-0.05, 0) is 30.3 Å². The number of epoxide rings is 1. The van der Waals surface area contributed by atoms with E-state index in [2.05, 4.69) is 4.72 Å². The summed E-state index contributed by atoms with van der Waals surface area (Å²) in [6.07, 6.45) is -0.0725. The molecular formula is C15H13FN2O6S. The van der Waals surface area contributed by atoms with Crippen LogP contribution in [0.25, 0.3) is 0 Å². The smallest absolute Gasteiger partial charge is 0.271 e. The fraction of sp³-hybridized carbons (Fsp3) is 0.200.